The van der Waals surface area contributed by atoms with Gasteiger partial charge in [-0.1, -0.05) is 39.0 Å². The van der Waals surface area contributed by atoms with Gasteiger partial charge in [0.25, 0.3) is 0 Å². The Morgan fingerprint density at radius 2 is 1.41 bits per heavy atom. The van der Waals surface area contributed by atoms with E-state index < -0.39 is 15.4 Å². The van der Waals surface area contributed by atoms with E-state index in [1.165, 1.54) is 4.31 Å². The lowest BCUT2D eigenvalue weighted by Crippen LogP contribution is -2.53. The highest BCUT2D eigenvalue weighted by atomic mass is 32.2. The number of piperidine rings is 1. The van der Waals surface area contributed by atoms with Gasteiger partial charge in [0.2, 0.25) is 21.8 Å². The molecule has 0 spiro atoms. The molecule has 2 fully saturated rings. The average molecular weight is 422 g/mol. The van der Waals surface area contributed by atoms with E-state index in [0.29, 0.717) is 52.1 Å². The van der Waals surface area contributed by atoms with Gasteiger partial charge in [-0.25, -0.2) is 8.42 Å². The van der Waals surface area contributed by atoms with Crippen molar-refractivity contribution in [3.05, 3.63) is 30.3 Å². The van der Waals surface area contributed by atoms with Crippen molar-refractivity contribution in [2.24, 2.45) is 11.3 Å². The number of hydrogen-bond donors (Lipinski definition) is 0. The van der Waals surface area contributed by atoms with Crippen molar-refractivity contribution >= 4 is 21.8 Å². The first-order chi connectivity index (χ1) is 13.6. The van der Waals surface area contributed by atoms with E-state index in [1.54, 1.807) is 35.2 Å². The van der Waals surface area contributed by atoms with E-state index >= 15 is 0 Å². The standard InChI is InChI=1S/C21H31N3O4S/c1-21(2,3)20(26)23-11-9-17(10-12-23)19(25)22-13-15-24(16-14-22)29(27,28)18-7-5-4-6-8-18/h4-8,17H,9-16H2,1-3H3. The van der Waals surface area contributed by atoms with Gasteiger partial charge < -0.3 is 9.80 Å². The van der Waals surface area contributed by atoms with Crippen LogP contribution in [0.1, 0.15) is 33.6 Å². The van der Waals surface area contributed by atoms with Crippen LogP contribution in [0, 0.1) is 11.3 Å². The van der Waals surface area contributed by atoms with E-state index in [1.807, 2.05) is 25.7 Å². The van der Waals surface area contributed by atoms with Gasteiger partial charge in [-0.2, -0.15) is 4.31 Å². The Kier molecular flexibility index (Phi) is 6.33. The van der Waals surface area contributed by atoms with E-state index in [4.69, 9.17) is 0 Å². The van der Waals surface area contributed by atoms with Crippen molar-refractivity contribution in [1.29, 1.82) is 0 Å². The molecule has 0 atom stereocenters. The van der Waals surface area contributed by atoms with E-state index in [0.717, 1.165) is 0 Å². The Labute approximate surface area is 173 Å². The maximum atomic E-state index is 12.9. The van der Waals surface area contributed by atoms with Gasteiger partial charge in [0.1, 0.15) is 0 Å². The number of carbonyl (C=O) groups is 2. The summed E-state index contributed by atoms with van der Waals surface area (Å²) in [5.74, 6) is 0.129. The summed E-state index contributed by atoms with van der Waals surface area (Å²) in [6, 6.07) is 8.40. The zero-order chi connectivity index (χ0) is 21.2. The number of carbonyl (C=O) groups excluding carboxylic acids is 2. The van der Waals surface area contributed by atoms with Crippen LogP contribution in [-0.2, 0) is 19.6 Å². The lowest BCUT2D eigenvalue weighted by molar-refractivity contribution is -0.145. The van der Waals surface area contributed by atoms with Gasteiger partial charge in [-0.05, 0) is 25.0 Å². The van der Waals surface area contributed by atoms with Crippen molar-refractivity contribution < 1.29 is 18.0 Å². The molecule has 0 radical (unpaired) electrons. The first kappa shape index (κ1) is 21.8. The molecule has 0 aromatic heterocycles. The van der Waals surface area contributed by atoms with Gasteiger partial charge in [-0.3, -0.25) is 9.59 Å². The van der Waals surface area contributed by atoms with E-state index in [2.05, 4.69) is 0 Å². The Morgan fingerprint density at radius 3 is 1.93 bits per heavy atom. The maximum absolute atomic E-state index is 12.9. The fourth-order valence-corrected chi connectivity index (χ4v) is 5.40. The first-order valence-electron chi connectivity index (χ1n) is 10.2. The van der Waals surface area contributed by atoms with Crippen LogP contribution in [0.2, 0.25) is 0 Å². The fraction of sp³-hybridized carbons (Fsp3) is 0.619. The predicted molar refractivity (Wildman–Crippen MR) is 111 cm³/mol. The normalized spacial score (nSPS) is 20.0. The summed E-state index contributed by atoms with van der Waals surface area (Å²) in [6.45, 7) is 8.39. The van der Waals surface area contributed by atoms with E-state index in [9.17, 15) is 18.0 Å². The van der Waals surface area contributed by atoms with Gasteiger partial charge in [0.15, 0.2) is 0 Å². The summed E-state index contributed by atoms with van der Waals surface area (Å²) in [5.41, 5.74) is -0.405. The molecule has 0 bridgehead atoms. The fourth-order valence-electron chi connectivity index (χ4n) is 3.95. The van der Waals surface area contributed by atoms with Gasteiger partial charge in [0, 0.05) is 50.6 Å². The number of likely N-dealkylation sites (tertiary alicyclic amines) is 1. The Bertz CT molecular complexity index is 832. The number of sulfonamides is 1. The lowest BCUT2D eigenvalue weighted by Gasteiger charge is -2.39. The summed E-state index contributed by atoms with van der Waals surface area (Å²) in [7, 11) is -3.52. The highest BCUT2D eigenvalue weighted by molar-refractivity contribution is 7.89. The zero-order valence-electron chi connectivity index (χ0n) is 17.5. The average Bonchev–Trinajstić information content (AvgIpc) is 2.73. The second-order valence-corrected chi connectivity index (χ2v) is 10.8. The molecular weight excluding hydrogens is 390 g/mol. The molecule has 29 heavy (non-hydrogen) atoms. The highest BCUT2D eigenvalue weighted by Crippen LogP contribution is 2.25. The van der Waals surface area contributed by atoms with Crippen LogP contribution >= 0.6 is 0 Å². The van der Waals surface area contributed by atoms with Crippen LogP contribution in [0.15, 0.2) is 35.2 Å². The molecule has 2 heterocycles. The molecule has 8 heteroatoms. The van der Waals surface area contributed by atoms with Crippen LogP contribution < -0.4 is 0 Å². The van der Waals surface area contributed by atoms with Crippen LogP contribution in [0.4, 0.5) is 0 Å². The van der Waals surface area contributed by atoms with E-state index in [-0.39, 0.29) is 22.6 Å². The number of rotatable bonds is 3. The molecule has 2 amide bonds. The van der Waals surface area contributed by atoms with Crippen LogP contribution in [0.5, 0.6) is 0 Å². The minimum atomic E-state index is -3.52. The summed E-state index contributed by atoms with van der Waals surface area (Å²) < 4.78 is 26.9. The predicted octanol–water partition coefficient (Wildman–Crippen LogP) is 1.80. The molecular formula is C21H31N3O4S. The molecule has 0 N–H and O–H groups in total. The molecule has 0 unspecified atom stereocenters. The minimum absolute atomic E-state index is 0.0868. The van der Waals surface area contributed by atoms with Crippen LogP contribution in [0.25, 0.3) is 0 Å². The van der Waals surface area contributed by atoms with Crippen LogP contribution in [-0.4, -0.2) is 73.6 Å². The summed E-state index contributed by atoms with van der Waals surface area (Å²) in [5, 5.41) is 0. The molecule has 2 saturated heterocycles. The van der Waals surface area contributed by atoms with Crippen molar-refractivity contribution in [3.63, 3.8) is 0 Å². The third-order valence-corrected chi connectivity index (χ3v) is 7.62. The summed E-state index contributed by atoms with van der Waals surface area (Å²) in [4.78, 5) is 29.2. The van der Waals surface area contributed by atoms with Crippen molar-refractivity contribution in [3.8, 4) is 0 Å². The topological polar surface area (TPSA) is 78.0 Å². The maximum Gasteiger partial charge on any atom is 0.243 e. The quantitative estimate of drug-likeness (QED) is 0.746. The Balaban J connectivity index is 1.53. The molecule has 2 aliphatic rings. The molecule has 7 nitrogen and oxygen atoms in total. The monoisotopic (exact) mass is 421 g/mol. The third-order valence-electron chi connectivity index (χ3n) is 5.70. The Morgan fingerprint density at radius 1 is 0.862 bits per heavy atom. The molecule has 1 aromatic carbocycles. The van der Waals surface area contributed by atoms with Gasteiger partial charge >= 0.3 is 0 Å². The molecule has 160 valence electrons. The molecule has 0 saturated carbocycles. The highest BCUT2D eigenvalue weighted by Gasteiger charge is 2.36. The molecule has 3 rings (SSSR count). The third kappa shape index (κ3) is 4.80. The van der Waals surface area contributed by atoms with Crippen molar-refractivity contribution in [2.45, 2.75) is 38.5 Å². The number of benzene rings is 1. The molecule has 2 aliphatic heterocycles. The van der Waals surface area contributed by atoms with Gasteiger partial charge in [-0.15, -0.1) is 0 Å². The second-order valence-electron chi connectivity index (χ2n) is 8.86. The van der Waals surface area contributed by atoms with Gasteiger partial charge in [0.05, 0.1) is 4.90 Å². The van der Waals surface area contributed by atoms with Crippen molar-refractivity contribution in [1.82, 2.24) is 14.1 Å². The zero-order valence-corrected chi connectivity index (χ0v) is 18.3. The Hall–Kier alpha value is -1.93. The summed E-state index contributed by atoms with van der Waals surface area (Å²) in [6.07, 6.45) is 1.34. The number of nitrogens with zero attached hydrogens (tertiary/aromatic N) is 3. The second kappa shape index (κ2) is 8.44. The van der Waals surface area contributed by atoms with Crippen LogP contribution in [0.3, 0.4) is 0 Å². The van der Waals surface area contributed by atoms with Crippen molar-refractivity contribution in [2.75, 3.05) is 39.3 Å². The molecule has 0 aliphatic carbocycles. The summed E-state index contributed by atoms with van der Waals surface area (Å²) >= 11 is 0. The SMILES string of the molecule is CC(C)(C)C(=O)N1CCC(C(=O)N2CCN(S(=O)(=O)c3ccccc3)CC2)CC1. The smallest absolute Gasteiger partial charge is 0.243 e. The number of hydrogen-bond acceptors (Lipinski definition) is 4. The number of amides is 2. The first-order valence-corrected chi connectivity index (χ1v) is 11.7. The number of piperazine rings is 1. The molecule has 1 aromatic rings. The minimum Gasteiger partial charge on any atom is -0.342 e. The largest absolute Gasteiger partial charge is 0.342 e. The lowest BCUT2D eigenvalue weighted by atomic mass is 9.90.